The topological polar surface area (TPSA) is 12.0 Å². The van der Waals surface area contributed by atoms with E-state index < -0.39 is 0 Å². The normalized spacial score (nSPS) is 12.4. The number of hydrogen-bond donors (Lipinski definition) is 1. The SMILES string of the molecule is CC(Cc1ccc(Cl)cc1)Nc1cccc(C(C)C)c1. The number of hydrogen-bond acceptors (Lipinski definition) is 1. The van der Waals surface area contributed by atoms with Crippen molar-refractivity contribution in [3.05, 3.63) is 64.7 Å². The molecule has 1 atom stereocenters. The highest BCUT2D eigenvalue weighted by molar-refractivity contribution is 6.30. The Labute approximate surface area is 127 Å². The first-order valence-electron chi connectivity index (χ1n) is 7.15. The standard InChI is InChI=1S/C18H22ClN/c1-13(2)16-5-4-6-18(12-16)20-14(3)11-15-7-9-17(19)10-8-15/h4-10,12-14,20H,11H2,1-3H3. The van der Waals surface area contributed by atoms with Gasteiger partial charge in [0.2, 0.25) is 0 Å². The van der Waals surface area contributed by atoms with Crippen LogP contribution in [0.5, 0.6) is 0 Å². The molecule has 0 aliphatic rings. The van der Waals surface area contributed by atoms with E-state index in [1.165, 1.54) is 16.8 Å². The van der Waals surface area contributed by atoms with Crippen molar-refractivity contribution in [3.63, 3.8) is 0 Å². The highest BCUT2D eigenvalue weighted by atomic mass is 35.5. The molecule has 0 heterocycles. The molecule has 0 radical (unpaired) electrons. The third kappa shape index (κ3) is 4.28. The van der Waals surface area contributed by atoms with Gasteiger partial charge in [-0.05, 0) is 54.7 Å². The summed E-state index contributed by atoms with van der Waals surface area (Å²) >= 11 is 5.91. The summed E-state index contributed by atoms with van der Waals surface area (Å²) in [5.41, 5.74) is 3.86. The first kappa shape index (κ1) is 14.9. The fraction of sp³-hybridized carbons (Fsp3) is 0.333. The molecular formula is C18H22ClN. The molecule has 0 aliphatic heterocycles. The summed E-state index contributed by atoms with van der Waals surface area (Å²) in [5, 5.41) is 4.36. The molecule has 2 aromatic rings. The smallest absolute Gasteiger partial charge is 0.0406 e. The monoisotopic (exact) mass is 287 g/mol. The lowest BCUT2D eigenvalue weighted by Gasteiger charge is -2.17. The van der Waals surface area contributed by atoms with Gasteiger partial charge in [-0.15, -0.1) is 0 Å². The Morgan fingerprint density at radius 1 is 1.00 bits per heavy atom. The molecule has 106 valence electrons. The maximum atomic E-state index is 5.91. The van der Waals surface area contributed by atoms with Crippen molar-refractivity contribution >= 4 is 17.3 Å². The number of benzene rings is 2. The maximum absolute atomic E-state index is 5.91. The Hall–Kier alpha value is -1.47. The second-order valence-electron chi connectivity index (χ2n) is 5.66. The molecule has 1 nitrogen and oxygen atoms in total. The van der Waals surface area contributed by atoms with Crippen molar-refractivity contribution in [1.82, 2.24) is 0 Å². The molecule has 0 aliphatic carbocycles. The number of nitrogens with one attached hydrogen (secondary N) is 1. The lowest BCUT2D eigenvalue weighted by atomic mass is 10.0. The first-order valence-corrected chi connectivity index (χ1v) is 7.53. The molecule has 0 amide bonds. The molecule has 2 rings (SSSR count). The van der Waals surface area contributed by atoms with E-state index in [-0.39, 0.29) is 0 Å². The highest BCUT2D eigenvalue weighted by Crippen LogP contribution is 2.20. The average Bonchev–Trinajstić information content (AvgIpc) is 2.41. The molecule has 0 spiro atoms. The minimum Gasteiger partial charge on any atom is -0.382 e. The van der Waals surface area contributed by atoms with Crippen LogP contribution in [0.4, 0.5) is 5.69 Å². The molecule has 0 bridgehead atoms. The molecule has 20 heavy (non-hydrogen) atoms. The number of halogens is 1. The van der Waals surface area contributed by atoms with Gasteiger partial charge < -0.3 is 5.32 Å². The van der Waals surface area contributed by atoms with Crippen LogP contribution < -0.4 is 5.32 Å². The van der Waals surface area contributed by atoms with Crippen LogP contribution in [0, 0.1) is 0 Å². The fourth-order valence-corrected chi connectivity index (χ4v) is 2.42. The van der Waals surface area contributed by atoms with Crippen LogP contribution in [0.15, 0.2) is 48.5 Å². The Morgan fingerprint density at radius 3 is 2.35 bits per heavy atom. The van der Waals surface area contributed by atoms with Crippen LogP contribution in [-0.2, 0) is 6.42 Å². The quantitative estimate of drug-likeness (QED) is 0.765. The zero-order valence-corrected chi connectivity index (χ0v) is 13.1. The zero-order chi connectivity index (χ0) is 14.5. The van der Waals surface area contributed by atoms with E-state index in [1.54, 1.807) is 0 Å². The van der Waals surface area contributed by atoms with Crippen LogP contribution >= 0.6 is 11.6 Å². The molecular weight excluding hydrogens is 266 g/mol. The Balaban J connectivity index is 1.99. The van der Waals surface area contributed by atoms with Crippen LogP contribution in [0.25, 0.3) is 0 Å². The molecule has 0 fully saturated rings. The zero-order valence-electron chi connectivity index (χ0n) is 12.4. The van der Waals surface area contributed by atoms with E-state index in [9.17, 15) is 0 Å². The third-order valence-electron chi connectivity index (χ3n) is 3.42. The fourth-order valence-electron chi connectivity index (χ4n) is 2.30. The summed E-state index contributed by atoms with van der Waals surface area (Å²) in [6, 6.07) is 17.1. The van der Waals surface area contributed by atoms with Gasteiger partial charge in [0.05, 0.1) is 0 Å². The van der Waals surface area contributed by atoms with Crippen molar-refractivity contribution < 1.29 is 0 Å². The second kappa shape index (κ2) is 6.81. The summed E-state index contributed by atoms with van der Waals surface area (Å²) in [6.45, 7) is 6.64. The van der Waals surface area contributed by atoms with Crippen molar-refractivity contribution in [3.8, 4) is 0 Å². The van der Waals surface area contributed by atoms with E-state index in [1.807, 2.05) is 12.1 Å². The first-order chi connectivity index (χ1) is 9.54. The summed E-state index contributed by atoms with van der Waals surface area (Å²) in [4.78, 5) is 0. The Morgan fingerprint density at radius 2 is 1.70 bits per heavy atom. The molecule has 1 N–H and O–H groups in total. The van der Waals surface area contributed by atoms with Gasteiger partial charge >= 0.3 is 0 Å². The molecule has 0 saturated heterocycles. The number of anilines is 1. The van der Waals surface area contributed by atoms with Gasteiger partial charge in [-0.3, -0.25) is 0 Å². The molecule has 0 saturated carbocycles. The van der Waals surface area contributed by atoms with Gasteiger partial charge in [0.25, 0.3) is 0 Å². The van der Waals surface area contributed by atoms with E-state index in [0.717, 1.165) is 11.4 Å². The summed E-state index contributed by atoms with van der Waals surface area (Å²) in [5.74, 6) is 0.559. The summed E-state index contributed by atoms with van der Waals surface area (Å²) in [6.07, 6.45) is 0.989. The van der Waals surface area contributed by atoms with Crippen LogP contribution in [0.3, 0.4) is 0 Å². The Kier molecular flexibility index (Phi) is 5.08. The molecule has 2 aromatic carbocycles. The van der Waals surface area contributed by atoms with E-state index in [4.69, 9.17) is 11.6 Å². The van der Waals surface area contributed by atoms with Crippen LogP contribution in [-0.4, -0.2) is 6.04 Å². The van der Waals surface area contributed by atoms with E-state index >= 15 is 0 Å². The highest BCUT2D eigenvalue weighted by Gasteiger charge is 2.05. The van der Waals surface area contributed by atoms with Gasteiger partial charge in [-0.2, -0.15) is 0 Å². The van der Waals surface area contributed by atoms with Gasteiger partial charge in [0, 0.05) is 16.8 Å². The third-order valence-corrected chi connectivity index (χ3v) is 3.67. The van der Waals surface area contributed by atoms with Crippen LogP contribution in [0.2, 0.25) is 5.02 Å². The minimum absolute atomic E-state index is 0.388. The van der Waals surface area contributed by atoms with Gasteiger partial charge in [0.15, 0.2) is 0 Å². The van der Waals surface area contributed by atoms with E-state index in [0.29, 0.717) is 12.0 Å². The molecule has 1 unspecified atom stereocenters. The van der Waals surface area contributed by atoms with Crippen molar-refractivity contribution in [2.24, 2.45) is 0 Å². The van der Waals surface area contributed by atoms with Crippen molar-refractivity contribution in [2.75, 3.05) is 5.32 Å². The predicted molar refractivity (Wildman–Crippen MR) is 88.8 cm³/mol. The lowest BCUT2D eigenvalue weighted by molar-refractivity contribution is 0.788. The molecule has 0 aromatic heterocycles. The molecule has 2 heteroatoms. The largest absolute Gasteiger partial charge is 0.382 e. The van der Waals surface area contributed by atoms with Gasteiger partial charge in [-0.1, -0.05) is 49.7 Å². The Bertz CT molecular complexity index is 546. The summed E-state index contributed by atoms with van der Waals surface area (Å²) in [7, 11) is 0. The van der Waals surface area contributed by atoms with E-state index in [2.05, 4.69) is 62.5 Å². The second-order valence-corrected chi connectivity index (χ2v) is 6.09. The maximum Gasteiger partial charge on any atom is 0.0406 e. The average molecular weight is 288 g/mol. The number of rotatable bonds is 5. The predicted octanol–water partition coefficient (Wildman–Crippen LogP) is 5.51. The van der Waals surface area contributed by atoms with Crippen LogP contribution in [0.1, 0.15) is 37.8 Å². The van der Waals surface area contributed by atoms with Crippen molar-refractivity contribution in [1.29, 1.82) is 0 Å². The van der Waals surface area contributed by atoms with Gasteiger partial charge in [0.1, 0.15) is 0 Å². The lowest BCUT2D eigenvalue weighted by Crippen LogP contribution is -2.18. The van der Waals surface area contributed by atoms with Crippen molar-refractivity contribution in [2.45, 2.75) is 39.2 Å². The minimum atomic E-state index is 0.388. The summed E-state index contributed by atoms with van der Waals surface area (Å²) < 4.78 is 0. The van der Waals surface area contributed by atoms with Gasteiger partial charge in [-0.25, -0.2) is 0 Å².